The molecule has 44 heavy (non-hydrogen) atoms. The number of carbonyl (C=O) groups is 3. The Labute approximate surface area is 258 Å². The zero-order valence-corrected chi connectivity index (χ0v) is 24.9. The average molecular weight is 591 g/mol. The predicted molar refractivity (Wildman–Crippen MR) is 172 cm³/mol. The van der Waals surface area contributed by atoms with Gasteiger partial charge >= 0.3 is 5.97 Å². The number of aryl methyl sites for hydroxylation is 1. The Morgan fingerprint density at radius 2 is 1.57 bits per heavy atom. The summed E-state index contributed by atoms with van der Waals surface area (Å²) in [5.41, 5.74) is 4.33. The standard InChI is InChI=1S/C37H38N2O5/c1-26-15-19-30(20-16-26)39(36(41)29-11-7-12-29)23-8-24-44-31-21-17-27(18-22-31)25-34(37(42)43)38-33-14-6-5-13-32(33)35(40)28-9-3-2-4-10-28/h2-6,9-10,13-22,29,34,38H,7-8,11-12,23-25H2,1H3,(H,42,43). The van der Waals surface area contributed by atoms with Crippen LogP contribution in [0, 0.1) is 12.8 Å². The van der Waals surface area contributed by atoms with Crippen LogP contribution >= 0.6 is 0 Å². The van der Waals surface area contributed by atoms with Crippen molar-refractivity contribution in [1.82, 2.24) is 0 Å². The first-order chi connectivity index (χ1) is 21.4. The zero-order chi connectivity index (χ0) is 30.9. The fourth-order valence-electron chi connectivity index (χ4n) is 5.28. The first kappa shape index (κ1) is 30.5. The summed E-state index contributed by atoms with van der Waals surface area (Å²) in [6.07, 6.45) is 3.93. The number of ether oxygens (including phenoxy) is 1. The lowest BCUT2D eigenvalue weighted by Gasteiger charge is -2.32. The van der Waals surface area contributed by atoms with Crippen molar-refractivity contribution in [3.8, 4) is 5.75 Å². The third kappa shape index (κ3) is 7.72. The topological polar surface area (TPSA) is 95.9 Å². The number of hydrogen-bond donors (Lipinski definition) is 2. The van der Waals surface area contributed by atoms with Gasteiger partial charge in [-0.05, 0) is 68.1 Å². The molecule has 0 aromatic heterocycles. The SMILES string of the molecule is Cc1ccc(N(CCCOc2ccc(CC(Nc3ccccc3C(=O)c3ccccc3)C(=O)O)cc2)C(=O)C2CCC2)cc1. The molecule has 7 heteroatoms. The van der Waals surface area contributed by atoms with Crippen LogP contribution in [-0.4, -0.2) is 42.0 Å². The molecule has 1 aliphatic rings. The highest BCUT2D eigenvalue weighted by Crippen LogP contribution is 2.30. The van der Waals surface area contributed by atoms with Crippen molar-refractivity contribution in [1.29, 1.82) is 0 Å². The summed E-state index contributed by atoms with van der Waals surface area (Å²) >= 11 is 0. The van der Waals surface area contributed by atoms with Gasteiger partial charge < -0.3 is 20.1 Å². The molecule has 1 unspecified atom stereocenters. The predicted octanol–water partition coefficient (Wildman–Crippen LogP) is 6.94. The number of benzene rings is 4. The van der Waals surface area contributed by atoms with Crippen molar-refractivity contribution < 1.29 is 24.2 Å². The van der Waals surface area contributed by atoms with Gasteiger partial charge in [0.2, 0.25) is 5.91 Å². The summed E-state index contributed by atoms with van der Waals surface area (Å²) in [6, 6.07) is 30.4. The Balaban J connectivity index is 1.16. The molecule has 4 aromatic rings. The van der Waals surface area contributed by atoms with E-state index in [1.807, 2.05) is 66.4 Å². The molecule has 1 amide bonds. The number of para-hydroxylation sites is 1. The van der Waals surface area contributed by atoms with E-state index in [4.69, 9.17) is 4.74 Å². The molecule has 226 valence electrons. The van der Waals surface area contributed by atoms with Crippen LogP contribution in [0.5, 0.6) is 5.75 Å². The molecule has 0 saturated heterocycles. The van der Waals surface area contributed by atoms with E-state index in [1.165, 1.54) is 0 Å². The van der Waals surface area contributed by atoms with E-state index in [0.29, 0.717) is 42.1 Å². The number of nitrogens with zero attached hydrogens (tertiary/aromatic N) is 1. The number of rotatable bonds is 14. The molecule has 0 heterocycles. The van der Waals surface area contributed by atoms with Gasteiger partial charge in [0.15, 0.2) is 5.78 Å². The highest BCUT2D eigenvalue weighted by atomic mass is 16.5. The van der Waals surface area contributed by atoms with Gasteiger partial charge in [0, 0.05) is 41.4 Å². The normalized spacial score (nSPS) is 13.4. The number of amides is 1. The number of carboxylic acids is 1. The van der Waals surface area contributed by atoms with Gasteiger partial charge in [-0.3, -0.25) is 9.59 Å². The molecule has 0 radical (unpaired) electrons. The van der Waals surface area contributed by atoms with E-state index >= 15 is 0 Å². The van der Waals surface area contributed by atoms with Gasteiger partial charge in [-0.15, -0.1) is 0 Å². The van der Waals surface area contributed by atoms with E-state index in [9.17, 15) is 19.5 Å². The lowest BCUT2D eigenvalue weighted by Crippen LogP contribution is -2.40. The minimum atomic E-state index is -1.01. The number of nitrogens with one attached hydrogen (secondary N) is 1. The van der Waals surface area contributed by atoms with Crippen LogP contribution in [0.1, 0.15) is 52.7 Å². The number of aliphatic carboxylic acids is 1. The van der Waals surface area contributed by atoms with Crippen molar-refractivity contribution >= 4 is 29.0 Å². The summed E-state index contributed by atoms with van der Waals surface area (Å²) in [5, 5.41) is 13.0. The van der Waals surface area contributed by atoms with Crippen LogP contribution in [0.15, 0.2) is 103 Å². The Bertz CT molecular complexity index is 1560. The van der Waals surface area contributed by atoms with E-state index in [-0.39, 0.29) is 24.0 Å². The fraction of sp³-hybridized carbons (Fsp3) is 0.270. The third-order valence-corrected chi connectivity index (χ3v) is 8.06. The maximum atomic E-state index is 13.1. The van der Waals surface area contributed by atoms with Crippen molar-refractivity contribution in [2.75, 3.05) is 23.4 Å². The number of hydrogen-bond acceptors (Lipinski definition) is 5. The Kier molecular flexibility index (Phi) is 10.1. The minimum absolute atomic E-state index is 0.117. The van der Waals surface area contributed by atoms with Gasteiger partial charge in [-0.2, -0.15) is 0 Å². The van der Waals surface area contributed by atoms with Crippen molar-refractivity contribution in [3.05, 3.63) is 125 Å². The number of carbonyl (C=O) groups excluding carboxylic acids is 2. The van der Waals surface area contributed by atoms with Gasteiger partial charge in [0.25, 0.3) is 0 Å². The highest BCUT2D eigenvalue weighted by Gasteiger charge is 2.30. The summed E-state index contributed by atoms with van der Waals surface area (Å²) in [6.45, 7) is 3.07. The van der Waals surface area contributed by atoms with Crippen LogP contribution in [-0.2, 0) is 16.0 Å². The van der Waals surface area contributed by atoms with Crippen LogP contribution in [0.3, 0.4) is 0 Å². The number of ketones is 1. The molecule has 5 rings (SSSR count). The Morgan fingerprint density at radius 1 is 0.886 bits per heavy atom. The van der Waals surface area contributed by atoms with E-state index in [0.717, 1.165) is 36.1 Å². The maximum absolute atomic E-state index is 13.1. The van der Waals surface area contributed by atoms with Crippen LogP contribution in [0.4, 0.5) is 11.4 Å². The largest absolute Gasteiger partial charge is 0.494 e. The molecule has 4 aromatic carbocycles. The lowest BCUT2D eigenvalue weighted by atomic mass is 9.84. The van der Waals surface area contributed by atoms with E-state index in [2.05, 4.69) is 5.32 Å². The molecule has 1 aliphatic carbocycles. The number of carboxylic acid groups (broad SMARTS) is 1. The summed E-state index contributed by atoms with van der Waals surface area (Å²) in [7, 11) is 0. The number of anilines is 2. The zero-order valence-electron chi connectivity index (χ0n) is 24.9. The molecule has 7 nitrogen and oxygen atoms in total. The van der Waals surface area contributed by atoms with Crippen LogP contribution in [0.2, 0.25) is 0 Å². The third-order valence-electron chi connectivity index (χ3n) is 8.06. The fourth-order valence-corrected chi connectivity index (χ4v) is 5.28. The molecule has 2 N–H and O–H groups in total. The molecular weight excluding hydrogens is 552 g/mol. The van der Waals surface area contributed by atoms with E-state index < -0.39 is 12.0 Å². The monoisotopic (exact) mass is 590 g/mol. The Hall–Kier alpha value is -4.91. The van der Waals surface area contributed by atoms with Gasteiger partial charge in [0.05, 0.1) is 6.61 Å². The quantitative estimate of drug-likeness (QED) is 0.122. The molecular formula is C37H38N2O5. The first-order valence-electron chi connectivity index (χ1n) is 15.2. The van der Waals surface area contributed by atoms with Crippen LogP contribution < -0.4 is 15.0 Å². The van der Waals surface area contributed by atoms with Gasteiger partial charge in [-0.25, -0.2) is 4.79 Å². The smallest absolute Gasteiger partial charge is 0.326 e. The summed E-state index contributed by atoms with van der Waals surface area (Å²) in [5.74, 6) is -0.194. The molecule has 0 spiro atoms. The first-order valence-corrected chi connectivity index (χ1v) is 15.2. The molecule has 1 atom stereocenters. The second-order valence-corrected chi connectivity index (χ2v) is 11.3. The second-order valence-electron chi connectivity index (χ2n) is 11.3. The lowest BCUT2D eigenvalue weighted by molar-refractivity contribution is -0.137. The molecule has 0 bridgehead atoms. The van der Waals surface area contributed by atoms with Crippen molar-refractivity contribution in [2.24, 2.45) is 5.92 Å². The van der Waals surface area contributed by atoms with Crippen molar-refractivity contribution in [3.63, 3.8) is 0 Å². The van der Waals surface area contributed by atoms with Crippen molar-refractivity contribution in [2.45, 2.75) is 45.1 Å². The van der Waals surface area contributed by atoms with Crippen LogP contribution in [0.25, 0.3) is 0 Å². The summed E-state index contributed by atoms with van der Waals surface area (Å²) < 4.78 is 5.97. The maximum Gasteiger partial charge on any atom is 0.326 e. The summed E-state index contributed by atoms with van der Waals surface area (Å²) in [4.78, 5) is 40.3. The Morgan fingerprint density at radius 3 is 2.23 bits per heavy atom. The second kappa shape index (κ2) is 14.5. The minimum Gasteiger partial charge on any atom is -0.494 e. The molecule has 1 fully saturated rings. The molecule has 0 aliphatic heterocycles. The van der Waals surface area contributed by atoms with Gasteiger partial charge in [0.1, 0.15) is 11.8 Å². The van der Waals surface area contributed by atoms with Gasteiger partial charge in [-0.1, -0.05) is 78.7 Å². The van der Waals surface area contributed by atoms with E-state index in [1.54, 1.807) is 48.5 Å². The average Bonchev–Trinajstić information content (AvgIpc) is 3.01. The molecule has 1 saturated carbocycles. The highest BCUT2D eigenvalue weighted by molar-refractivity contribution is 6.12.